The molecule has 0 aliphatic rings. The maximum Gasteiger partial charge on any atom is 0.410 e. The monoisotopic (exact) mass is 230 g/mol. The van der Waals surface area contributed by atoms with E-state index in [0.717, 1.165) is 10.9 Å². The van der Waals surface area contributed by atoms with Crippen LogP contribution in [0.25, 0.3) is 0 Å². The molecule has 9 heteroatoms. The Balaban J connectivity index is 3.00. The van der Waals surface area contributed by atoms with Gasteiger partial charge in [0.25, 0.3) is 0 Å². The van der Waals surface area contributed by atoms with E-state index in [4.69, 9.17) is 10.2 Å². The SMILES string of the molecule is CC(O)Cn1cc([N+](=O)[O-])c(NC(=O)O)n1. The Kier molecular flexibility index (Phi) is 3.40. The molecule has 0 bridgehead atoms. The first kappa shape index (κ1) is 11.9. The highest BCUT2D eigenvalue weighted by Crippen LogP contribution is 2.21. The fourth-order valence-corrected chi connectivity index (χ4v) is 1.10. The molecule has 1 amide bonds. The first-order valence-electron chi connectivity index (χ1n) is 4.30. The molecular formula is C7H10N4O5. The number of aromatic nitrogens is 2. The quantitative estimate of drug-likeness (QED) is 0.502. The van der Waals surface area contributed by atoms with Crippen molar-refractivity contribution in [3.8, 4) is 0 Å². The van der Waals surface area contributed by atoms with Gasteiger partial charge in [0, 0.05) is 0 Å². The summed E-state index contributed by atoms with van der Waals surface area (Å²) in [7, 11) is 0. The Hall–Kier alpha value is -2.16. The molecule has 3 N–H and O–H groups in total. The lowest BCUT2D eigenvalue weighted by Crippen LogP contribution is -2.13. The predicted molar refractivity (Wildman–Crippen MR) is 52.2 cm³/mol. The first-order valence-corrected chi connectivity index (χ1v) is 4.30. The number of nitro groups is 1. The molecule has 1 unspecified atom stereocenters. The minimum absolute atomic E-state index is 0.0438. The van der Waals surface area contributed by atoms with E-state index in [1.165, 1.54) is 6.92 Å². The summed E-state index contributed by atoms with van der Waals surface area (Å²) in [5.41, 5.74) is -0.456. The summed E-state index contributed by atoms with van der Waals surface area (Å²) < 4.78 is 1.11. The minimum Gasteiger partial charge on any atom is -0.465 e. The Bertz CT molecular complexity index is 413. The van der Waals surface area contributed by atoms with Crippen molar-refractivity contribution in [1.82, 2.24) is 9.78 Å². The van der Waals surface area contributed by atoms with E-state index < -0.39 is 22.8 Å². The second-order valence-electron chi connectivity index (χ2n) is 3.12. The van der Waals surface area contributed by atoms with Gasteiger partial charge in [-0.3, -0.25) is 20.1 Å². The summed E-state index contributed by atoms with van der Waals surface area (Å²) in [5, 5.41) is 33.5. The van der Waals surface area contributed by atoms with Crippen LogP contribution in [0.4, 0.5) is 16.3 Å². The largest absolute Gasteiger partial charge is 0.465 e. The van der Waals surface area contributed by atoms with E-state index in [1.807, 2.05) is 5.32 Å². The summed E-state index contributed by atoms with van der Waals surface area (Å²) in [6.07, 6.45) is -1.12. The maximum atomic E-state index is 10.6. The number of anilines is 1. The summed E-state index contributed by atoms with van der Waals surface area (Å²) in [5.74, 6) is -0.363. The van der Waals surface area contributed by atoms with Gasteiger partial charge in [0.1, 0.15) is 6.20 Å². The molecule has 0 saturated heterocycles. The highest BCUT2D eigenvalue weighted by molar-refractivity contribution is 5.84. The highest BCUT2D eigenvalue weighted by Gasteiger charge is 2.21. The van der Waals surface area contributed by atoms with E-state index in [9.17, 15) is 14.9 Å². The van der Waals surface area contributed by atoms with E-state index in [-0.39, 0.29) is 12.4 Å². The van der Waals surface area contributed by atoms with Gasteiger partial charge in [-0.2, -0.15) is 0 Å². The lowest BCUT2D eigenvalue weighted by Gasteiger charge is -2.02. The van der Waals surface area contributed by atoms with Crippen LogP contribution in [0.15, 0.2) is 6.20 Å². The Morgan fingerprint density at radius 3 is 2.88 bits per heavy atom. The van der Waals surface area contributed by atoms with E-state index in [0.29, 0.717) is 0 Å². The third-order valence-corrected chi connectivity index (χ3v) is 1.62. The van der Waals surface area contributed by atoms with Crippen molar-refractivity contribution in [2.45, 2.75) is 19.6 Å². The van der Waals surface area contributed by atoms with Gasteiger partial charge < -0.3 is 10.2 Å². The molecule has 1 aromatic rings. The molecular weight excluding hydrogens is 220 g/mol. The molecule has 9 nitrogen and oxygen atoms in total. The molecule has 0 aliphatic carbocycles. The first-order chi connectivity index (χ1) is 7.40. The molecule has 0 radical (unpaired) electrons. The number of hydrogen-bond donors (Lipinski definition) is 3. The van der Waals surface area contributed by atoms with Gasteiger partial charge in [0.15, 0.2) is 0 Å². The Morgan fingerprint density at radius 1 is 1.81 bits per heavy atom. The maximum absolute atomic E-state index is 10.6. The van der Waals surface area contributed by atoms with Crippen molar-refractivity contribution < 1.29 is 19.9 Å². The minimum atomic E-state index is -1.44. The molecule has 1 atom stereocenters. The van der Waals surface area contributed by atoms with E-state index in [2.05, 4.69) is 5.10 Å². The summed E-state index contributed by atoms with van der Waals surface area (Å²) in [6.45, 7) is 1.53. The predicted octanol–water partition coefficient (Wildman–Crippen LogP) is 0.262. The van der Waals surface area contributed by atoms with Gasteiger partial charge >= 0.3 is 11.8 Å². The third-order valence-electron chi connectivity index (χ3n) is 1.62. The fourth-order valence-electron chi connectivity index (χ4n) is 1.10. The van der Waals surface area contributed by atoms with Crippen LogP contribution in [0, 0.1) is 10.1 Å². The Morgan fingerprint density at radius 2 is 2.44 bits per heavy atom. The number of carbonyl (C=O) groups is 1. The lowest BCUT2D eigenvalue weighted by atomic mass is 10.4. The fraction of sp³-hybridized carbons (Fsp3) is 0.429. The molecule has 0 fully saturated rings. The molecule has 0 aromatic carbocycles. The normalized spacial score (nSPS) is 12.1. The van der Waals surface area contributed by atoms with Gasteiger partial charge in [-0.25, -0.2) is 4.79 Å². The van der Waals surface area contributed by atoms with Crippen LogP contribution < -0.4 is 5.32 Å². The van der Waals surface area contributed by atoms with Crippen LogP contribution in [0.3, 0.4) is 0 Å². The number of rotatable bonds is 4. The average Bonchev–Trinajstić information content (AvgIpc) is 2.45. The van der Waals surface area contributed by atoms with Crippen LogP contribution in [0.1, 0.15) is 6.92 Å². The molecule has 88 valence electrons. The van der Waals surface area contributed by atoms with Crippen molar-refractivity contribution in [3.63, 3.8) is 0 Å². The Labute approximate surface area is 89.5 Å². The van der Waals surface area contributed by atoms with Crippen molar-refractivity contribution in [2.75, 3.05) is 5.32 Å². The number of nitrogens with zero attached hydrogens (tertiary/aromatic N) is 3. The van der Waals surface area contributed by atoms with E-state index >= 15 is 0 Å². The number of aliphatic hydroxyl groups excluding tert-OH is 1. The second kappa shape index (κ2) is 4.57. The zero-order chi connectivity index (χ0) is 12.3. The van der Waals surface area contributed by atoms with Crippen LogP contribution in [0.5, 0.6) is 0 Å². The molecule has 0 spiro atoms. The van der Waals surface area contributed by atoms with Crippen molar-refractivity contribution in [1.29, 1.82) is 0 Å². The second-order valence-corrected chi connectivity index (χ2v) is 3.12. The number of nitrogens with one attached hydrogen (secondary N) is 1. The van der Waals surface area contributed by atoms with Crippen LogP contribution >= 0.6 is 0 Å². The molecule has 16 heavy (non-hydrogen) atoms. The molecule has 1 heterocycles. The highest BCUT2D eigenvalue weighted by atomic mass is 16.6. The molecule has 0 saturated carbocycles. The number of aliphatic hydroxyl groups is 1. The van der Waals surface area contributed by atoms with E-state index in [1.54, 1.807) is 0 Å². The number of amides is 1. The average molecular weight is 230 g/mol. The number of hydrogen-bond acceptors (Lipinski definition) is 5. The van der Waals surface area contributed by atoms with Gasteiger partial charge in [-0.05, 0) is 6.92 Å². The summed E-state index contributed by atoms with van der Waals surface area (Å²) in [6, 6.07) is 0. The molecule has 1 rings (SSSR count). The zero-order valence-electron chi connectivity index (χ0n) is 8.32. The summed E-state index contributed by atoms with van der Waals surface area (Å²) >= 11 is 0. The van der Waals surface area contributed by atoms with Crippen LogP contribution in [0.2, 0.25) is 0 Å². The van der Waals surface area contributed by atoms with Crippen molar-refractivity contribution >= 4 is 17.6 Å². The molecule has 0 aliphatic heterocycles. The smallest absolute Gasteiger partial charge is 0.410 e. The van der Waals surface area contributed by atoms with Gasteiger partial charge in [-0.1, -0.05) is 0 Å². The lowest BCUT2D eigenvalue weighted by molar-refractivity contribution is -0.384. The van der Waals surface area contributed by atoms with Crippen molar-refractivity contribution in [3.05, 3.63) is 16.3 Å². The topological polar surface area (TPSA) is 131 Å². The third kappa shape index (κ3) is 2.92. The summed E-state index contributed by atoms with van der Waals surface area (Å²) in [4.78, 5) is 20.1. The van der Waals surface area contributed by atoms with Crippen LogP contribution in [-0.4, -0.2) is 37.1 Å². The van der Waals surface area contributed by atoms with Gasteiger partial charge in [0.05, 0.1) is 17.6 Å². The van der Waals surface area contributed by atoms with Gasteiger partial charge in [-0.15, -0.1) is 5.10 Å². The standard InChI is InChI=1S/C7H10N4O5/c1-4(12)2-10-3-5(11(15)16)6(9-10)8-7(13)14/h3-4,12H,2H2,1H3,(H,8,9)(H,13,14). The number of carboxylic acid groups (broad SMARTS) is 1. The van der Waals surface area contributed by atoms with Crippen LogP contribution in [-0.2, 0) is 6.54 Å². The zero-order valence-corrected chi connectivity index (χ0v) is 8.32. The van der Waals surface area contributed by atoms with Crippen molar-refractivity contribution in [2.24, 2.45) is 0 Å². The van der Waals surface area contributed by atoms with Gasteiger partial charge in [0.2, 0.25) is 5.82 Å². The molecule has 1 aromatic heterocycles.